The molecule has 3 aromatic carbocycles. The number of aromatic nitrogens is 1. The Labute approximate surface area is 183 Å². The summed E-state index contributed by atoms with van der Waals surface area (Å²) in [5.74, 6) is 0.531. The van der Waals surface area contributed by atoms with Gasteiger partial charge in [-0.1, -0.05) is 17.3 Å². The molecular formula is C25H20N2O5. The maximum Gasteiger partial charge on any atom is 0.221 e. The van der Waals surface area contributed by atoms with Gasteiger partial charge in [-0.05, 0) is 53.6 Å². The van der Waals surface area contributed by atoms with Crippen molar-refractivity contribution in [3.8, 4) is 11.5 Å². The van der Waals surface area contributed by atoms with Crippen LogP contribution in [0.4, 0.5) is 5.69 Å². The van der Waals surface area contributed by atoms with E-state index in [0.29, 0.717) is 41.3 Å². The largest absolute Gasteiger partial charge is 0.457 e. The fraction of sp³-hybridized carbons (Fsp3) is 0.200. The number of ketones is 2. The number of rotatable bonds is 4. The molecule has 0 radical (unpaired) electrons. The molecule has 32 heavy (non-hydrogen) atoms. The molecule has 1 aliphatic carbocycles. The van der Waals surface area contributed by atoms with Crippen molar-refractivity contribution in [2.45, 2.75) is 32.1 Å². The van der Waals surface area contributed by atoms with Gasteiger partial charge in [-0.3, -0.25) is 14.4 Å². The molecule has 1 fully saturated rings. The molecule has 1 unspecified atom stereocenters. The topological polar surface area (TPSA) is 98.5 Å². The van der Waals surface area contributed by atoms with E-state index < -0.39 is 5.92 Å². The van der Waals surface area contributed by atoms with E-state index in [4.69, 9.17) is 9.26 Å². The lowest BCUT2D eigenvalue weighted by Crippen LogP contribution is -2.23. The van der Waals surface area contributed by atoms with Gasteiger partial charge in [0.2, 0.25) is 5.91 Å². The molecule has 1 aromatic heterocycles. The van der Waals surface area contributed by atoms with Crippen LogP contribution < -0.4 is 10.1 Å². The number of ether oxygens (including phenoxy) is 1. The van der Waals surface area contributed by atoms with Gasteiger partial charge in [0.1, 0.15) is 28.8 Å². The number of anilines is 1. The number of benzene rings is 3. The molecule has 0 aliphatic heterocycles. The van der Waals surface area contributed by atoms with Gasteiger partial charge in [0, 0.05) is 25.1 Å². The molecule has 1 heterocycles. The third kappa shape index (κ3) is 3.73. The van der Waals surface area contributed by atoms with Crippen LogP contribution in [0.25, 0.3) is 21.7 Å². The summed E-state index contributed by atoms with van der Waals surface area (Å²) in [4.78, 5) is 35.4. The zero-order valence-corrected chi connectivity index (χ0v) is 17.4. The summed E-state index contributed by atoms with van der Waals surface area (Å²) in [6, 6.07) is 16.6. The Morgan fingerprint density at radius 3 is 2.75 bits per heavy atom. The summed E-state index contributed by atoms with van der Waals surface area (Å²) < 4.78 is 11.5. The molecule has 7 heteroatoms. The van der Waals surface area contributed by atoms with Crippen LogP contribution in [0, 0.1) is 0 Å². The first-order chi connectivity index (χ1) is 15.5. The van der Waals surface area contributed by atoms with E-state index in [2.05, 4.69) is 10.5 Å². The molecule has 1 amide bonds. The molecule has 0 bridgehead atoms. The van der Waals surface area contributed by atoms with Crippen LogP contribution in [0.1, 0.15) is 37.8 Å². The van der Waals surface area contributed by atoms with Gasteiger partial charge in [0.15, 0.2) is 5.58 Å². The number of nitrogens with one attached hydrogen (secondary N) is 1. The summed E-state index contributed by atoms with van der Waals surface area (Å²) in [5, 5.41) is 9.55. The maximum absolute atomic E-state index is 12.5. The Kier molecular flexibility index (Phi) is 4.93. The molecule has 1 N–H and O–H groups in total. The minimum absolute atomic E-state index is 0.0201. The molecule has 1 saturated carbocycles. The van der Waals surface area contributed by atoms with Crippen LogP contribution in [-0.4, -0.2) is 22.6 Å². The Morgan fingerprint density at radius 1 is 1.09 bits per heavy atom. The summed E-state index contributed by atoms with van der Waals surface area (Å²) in [6.45, 7) is 1.45. The Hall–Kier alpha value is -4.00. The Balaban J connectivity index is 1.50. The van der Waals surface area contributed by atoms with Gasteiger partial charge in [-0.2, -0.15) is 0 Å². The minimum Gasteiger partial charge on any atom is -0.457 e. The molecule has 4 aromatic rings. The van der Waals surface area contributed by atoms with Crippen molar-refractivity contribution in [3.05, 3.63) is 60.3 Å². The first kappa shape index (κ1) is 19.9. The van der Waals surface area contributed by atoms with E-state index >= 15 is 0 Å². The van der Waals surface area contributed by atoms with Crippen molar-refractivity contribution in [1.82, 2.24) is 5.16 Å². The van der Waals surface area contributed by atoms with E-state index in [1.165, 1.54) is 6.92 Å². The van der Waals surface area contributed by atoms with Gasteiger partial charge in [-0.25, -0.2) is 0 Å². The molecular weight excluding hydrogens is 408 g/mol. The van der Waals surface area contributed by atoms with Gasteiger partial charge in [0.05, 0.1) is 17.7 Å². The minimum atomic E-state index is -0.424. The van der Waals surface area contributed by atoms with E-state index in [0.717, 1.165) is 16.2 Å². The normalized spacial score (nSPS) is 16.5. The standard InChI is InChI=1S/C25H20N2O5/c1-14(28)26-16-3-2-4-18(12-16)31-19-7-9-20-15(11-19)5-10-23-24(20)25(27-32-23)21-8-6-17(29)13-22(21)30/h2-5,7,9-12,21H,6,8,13H2,1H3,(H,26,28). The van der Waals surface area contributed by atoms with Crippen LogP contribution in [0.2, 0.25) is 0 Å². The average molecular weight is 428 g/mol. The number of hydrogen-bond donors (Lipinski definition) is 1. The van der Waals surface area contributed by atoms with Crippen molar-refractivity contribution >= 4 is 44.9 Å². The molecule has 1 aliphatic rings. The number of Topliss-reactive ketones (excluding diaryl/α,β-unsaturated/α-hetero) is 2. The predicted octanol–water partition coefficient (Wildman–Crippen LogP) is 5.14. The number of amides is 1. The van der Waals surface area contributed by atoms with Crippen LogP contribution in [0.15, 0.2) is 59.1 Å². The zero-order valence-electron chi connectivity index (χ0n) is 17.4. The van der Waals surface area contributed by atoms with Crippen molar-refractivity contribution in [1.29, 1.82) is 0 Å². The Bertz CT molecular complexity index is 1390. The van der Waals surface area contributed by atoms with Gasteiger partial charge >= 0.3 is 0 Å². The highest BCUT2D eigenvalue weighted by Crippen LogP contribution is 2.38. The van der Waals surface area contributed by atoms with E-state index in [1.54, 1.807) is 18.2 Å². The molecule has 5 rings (SSSR count). The SMILES string of the molecule is CC(=O)Nc1cccc(Oc2ccc3c(ccc4onc(C5CCC(=O)CC5=O)c43)c2)c1. The van der Waals surface area contributed by atoms with Crippen molar-refractivity contribution < 1.29 is 23.6 Å². The van der Waals surface area contributed by atoms with Gasteiger partial charge < -0.3 is 14.6 Å². The molecule has 160 valence electrons. The van der Waals surface area contributed by atoms with Crippen LogP contribution >= 0.6 is 0 Å². The zero-order chi connectivity index (χ0) is 22.2. The first-order valence-electron chi connectivity index (χ1n) is 10.4. The molecule has 0 saturated heterocycles. The molecule has 1 atom stereocenters. The number of nitrogens with zero attached hydrogens (tertiary/aromatic N) is 1. The third-order valence-electron chi connectivity index (χ3n) is 5.64. The second kappa shape index (κ2) is 7.92. The summed E-state index contributed by atoms with van der Waals surface area (Å²) in [6.07, 6.45) is 0.798. The lowest BCUT2D eigenvalue weighted by Gasteiger charge is -2.18. The number of carbonyl (C=O) groups is 3. The van der Waals surface area contributed by atoms with Gasteiger partial charge in [-0.15, -0.1) is 0 Å². The average Bonchev–Trinajstić information content (AvgIpc) is 3.18. The highest BCUT2D eigenvalue weighted by Gasteiger charge is 2.32. The predicted molar refractivity (Wildman–Crippen MR) is 119 cm³/mol. The van der Waals surface area contributed by atoms with E-state index in [9.17, 15) is 14.4 Å². The van der Waals surface area contributed by atoms with Crippen LogP contribution in [0.3, 0.4) is 0 Å². The first-order valence-corrected chi connectivity index (χ1v) is 10.4. The summed E-state index contributed by atoms with van der Waals surface area (Å²) in [5.41, 5.74) is 1.86. The smallest absolute Gasteiger partial charge is 0.221 e. The molecule has 0 spiro atoms. The number of fused-ring (bicyclic) bond motifs is 3. The van der Waals surface area contributed by atoms with Crippen LogP contribution in [0.5, 0.6) is 11.5 Å². The summed E-state index contributed by atoms with van der Waals surface area (Å²) >= 11 is 0. The fourth-order valence-corrected chi connectivity index (χ4v) is 4.21. The van der Waals surface area contributed by atoms with Crippen molar-refractivity contribution in [2.75, 3.05) is 5.32 Å². The monoisotopic (exact) mass is 428 g/mol. The lowest BCUT2D eigenvalue weighted by molar-refractivity contribution is -0.130. The number of hydrogen-bond acceptors (Lipinski definition) is 6. The maximum atomic E-state index is 12.5. The van der Waals surface area contributed by atoms with Gasteiger partial charge in [0.25, 0.3) is 0 Å². The van der Waals surface area contributed by atoms with E-state index in [1.807, 2.05) is 36.4 Å². The quantitative estimate of drug-likeness (QED) is 0.452. The second-order valence-electron chi connectivity index (χ2n) is 7.97. The number of carbonyl (C=O) groups excluding carboxylic acids is 3. The lowest BCUT2D eigenvalue weighted by atomic mass is 9.83. The second-order valence-corrected chi connectivity index (χ2v) is 7.97. The Morgan fingerprint density at radius 2 is 1.94 bits per heavy atom. The fourth-order valence-electron chi connectivity index (χ4n) is 4.21. The third-order valence-corrected chi connectivity index (χ3v) is 5.64. The van der Waals surface area contributed by atoms with E-state index in [-0.39, 0.29) is 23.9 Å². The van der Waals surface area contributed by atoms with Crippen molar-refractivity contribution in [3.63, 3.8) is 0 Å². The highest BCUT2D eigenvalue weighted by molar-refractivity contribution is 6.11. The summed E-state index contributed by atoms with van der Waals surface area (Å²) in [7, 11) is 0. The van der Waals surface area contributed by atoms with Crippen molar-refractivity contribution in [2.24, 2.45) is 0 Å². The highest BCUT2D eigenvalue weighted by atomic mass is 16.5. The molecule has 7 nitrogen and oxygen atoms in total. The van der Waals surface area contributed by atoms with Crippen LogP contribution in [-0.2, 0) is 14.4 Å².